The van der Waals surface area contributed by atoms with Crippen molar-refractivity contribution in [2.24, 2.45) is 0 Å². The minimum atomic E-state index is 1.17. The van der Waals surface area contributed by atoms with Gasteiger partial charge in [0.25, 0.3) is 0 Å². The van der Waals surface area contributed by atoms with Crippen LogP contribution in [0.2, 0.25) is 0 Å². The van der Waals surface area contributed by atoms with Gasteiger partial charge in [-0.3, -0.25) is 0 Å². The van der Waals surface area contributed by atoms with Crippen molar-refractivity contribution in [1.29, 1.82) is 0 Å². The summed E-state index contributed by atoms with van der Waals surface area (Å²) in [7, 11) is 0. The van der Waals surface area contributed by atoms with Crippen LogP contribution in [0.3, 0.4) is 0 Å². The second-order valence-electron chi connectivity index (χ2n) is 6.21. The average molecular weight is 348 g/mol. The van der Waals surface area contributed by atoms with Crippen molar-refractivity contribution in [3.8, 4) is 0 Å². The molecule has 0 aliphatic rings. The molecule has 0 atom stereocenters. The first-order valence-corrected chi connectivity index (χ1v) is 10.2. The molecule has 122 valence electrons. The molecular formula is C18H39NSe. The number of unbranched alkanes of at least 4 members (excludes halogenated alkanes) is 15. The monoisotopic (exact) mass is 349 g/mol. The van der Waals surface area contributed by atoms with Gasteiger partial charge in [0.15, 0.2) is 0 Å². The van der Waals surface area contributed by atoms with E-state index in [1.807, 2.05) is 0 Å². The zero-order valence-electron chi connectivity index (χ0n) is 14.0. The summed E-state index contributed by atoms with van der Waals surface area (Å²) in [5, 5.41) is 0. The van der Waals surface area contributed by atoms with E-state index in [1.165, 1.54) is 109 Å². The first-order valence-electron chi connectivity index (χ1n) is 9.28. The van der Waals surface area contributed by atoms with Gasteiger partial charge in [0, 0.05) is 0 Å². The van der Waals surface area contributed by atoms with Crippen molar-refractivity contribution in [2.75, 3.05) is 6.54 Å². The number of nitrogens with one attached hydrogen (secondary N) is 1. The van der Waals surface area contributed by atoms with E-state index < -0.39 is 0 Å². The molecule has 0 aliphatic heterocycles. The van der Waals surface area contributed by atoms with Crippen LogP contribution in [-0.2, 0) is 0 Å². The normalized spacial score (nSPS) is 11.1. The molecule has 0 fully saturated rings. The maximum absolute atomic E-state index is 3.15. The van der Waals surface area contributed by atoms with Gasteiger partial charge in [0.05, 0.1) is 0 Å². The number of rotatable bonds is 17. The first-order chi connectivity index (χ1) is 9.91. The first kappa shape index (κ1) is 20.5. The third-order valence-corrected chi connectivity index (χ3v) is 4.61. The van der Waals surface area contributed by atoms with Crippen molar-refractivity contribution >= 4 is 16.2 Å². The van der Waals surface area contributed by atoms with Crippen molar-refractivity contribution in [1.82, 2.24) is 4.33 Å². The molecule has 0 spiro atoms. The van der Waals surface area contributed by atoms with Crippen LogP contribution in [0.4, 0.5) is 0 Å². The van der Waals surface area contributed by atoms with Crippen LogP contribution in [0.15, 0.2) is 0 Å². The summed E-state index contributed by atoms with van der Waals surface area (Å²) in [4.78, 5) is 0. The molecule has 0 aromatic heterocycles. The van der Waals surface area contributed by atoms with Crippen LogP contribution in [0.5, 0.6) is 0 Å². The van der Waals surface area contributed by atoms with Crippen LogP contribution < -0.4 is 4.33 Å². The molecule has 2 heteroatoms. The van der Waals surface area contributed by atoms with Crippen molar-refractivity contribution < 1.29 is 0 Å². The van der Waals surface area contributed by atoms with Crippen LogP contribution >= 0.6 is 0 Å². The Morgan fingerprint density at radius 2 is 0.800 bits per heavy atom. The van der Waals surface area contributed by atoms with Crippen LogP contribution in [0.25, 0.3) is 0 Å². The molecule has 0 unspecified atom stereocenters. The Morgan fingerprint density at radius 1 is 0.500 bits per heavy atom. The van der Waals surface area contributed by atoms with Crippen LogP contribution in [-0.4, -0.2) is 22.8 Å². The van der Waals surface area contributed by atoms with E-state index in [2.05, 4.69) is 27.5 Å². The van der Waals surface area contributed by atoms with Gasteiger partial charge < -0.3 is 0 Å². The Kier molecular flexibility index (Phi) is 19.9. The third kappa shape index (κ3) is 18.5. The van der Waals surface area contributed by atoms with E-state index in [0.29, 0.717) is 0 Å². The Labute approximate surface area is 137 Å². The molecule has 1 N–H and O–H groups in total. The molecule has 0 heterocycles. The van der Waals surface area contributed by atoms with E-state index in [-0.39, 0.29) is 0 Å². The number of hydrogen-bond acceptors (Lipinski definition) is 1. The minimum absolute atomic E-state index is 1.17. The van der Waals surface area contributed by atoms with Gasteiger partial charge in [0.2, 0.25) is 0 Å². The Balaban J connectivity index is 2.89. The van der Waals surface area contributed by atoms with Crippen molar-refractivity contribution in [3.05, 3.63) is 0 Å². The summed E-state index contributed by atoms with van der Waals surface area (Å²) in [5.41, 5.74) is 0. The zero-order valence-corrected chi connectivity index (χ0v) is 15.8. The van der Waals surface area contributed by atoms with Gasteiger partial charge in [-0.2, -0.15) is 0 Å². The summed E-state index contributed by atoms with van der Waals surface area (Å²) >= 11 is 2.45. The molecule has 0 saturated heterocycles. The fourth-order valence-electron chi connectivity index (χ4n) is 2.75. The second kappa shape index (κ2) is 19.5. The van der Waals surface area contributed by atoms with E-state index in [4.69, 9.17) is 0 Å². The topological polar surface area (TPSA) is 12.0 Å². The van der Waals surface area contributed by atoms with Gasteiger partial charge >= 0.3 is 91.3 Å². The van der Waals surface area contributed by atoms with E-state index in [0.717, 1.165) is 0 Å². The van der Waals surface area contributed by atoms with Crippen molar-refractivity contribution in [3.63, 3.8) is 0 Å². The third-order valence-electron chi connectivity index (χ3n) is 4.14. The standard InChI is InChI=1S/C18H39NSe/c1-2-3-4-5-6-7-8-9-10-11-12-13-14-15-16-17-18-19-20/h19-20H,2-18H2,1H3. The van der Waals surface area contributed by atoms with E-state index in [1.54, 1.807) is 0 Å². The van der Waals surface area contributed by atoms with Crippen molar-refractivity contribution in [2.45, 2.75) is 110 Å². The average Bonchev–Trinajstić information content (AvgIpc) is 2.47. The maximum atomic E-state index is 3.15. The van der Waals surface area contributed by atoms with Gasteiger partial charge in [-0.05, 0) is 0 Å². The fraction of sp³-hybridized carbons (Fsp3) is 1.00. The summed E-state index contributed by atoms with van der Waals surface area (Å²) < 4.78 is 3.15. The molecule has 20 heavy (non-hydrogen) atoms. The SMILES string of the molecule is CCCCCCCCCCCCCCCCCCN[SeH]. The predicted octanol–water partition coefficient (Wildman–Crippen LogP) is 5.65. The molecule has 0 bridgehead atoms. The summed E-state index contributed by atoms with van der Waals surface area (Å²) in [6, 6.07) is 0. The molecule has 0 amide bonds. The second-order valence-corrected chi connectivity index (χ2v) is 6.87. The van der Waals surface area contributed by atoms with Crippen LogP contribution in [0, 0.1) is 0 Å². The molecule has 0 aromatic carbocycles. The Hall–Kier alpha value is 0.479. The quantitative estimate of drug-likeness (QED) is 0.264. The molecule has 1 nitrogen and oxygen atoms in total. The van der Waals surface area contributed by atoms with E-state index in [9.17, 15) is 0 Å². The van der Waals surface area contributed by atoms with E-state index >= 15 is 0 Å². The molecular weight excluding hydrogens is 309 g/mol. The summed E-state index contributed by atoms with van der Waals surface area (Å²) in [5.74, 6) is 0. The molecule has 0 radical (unpaired) electrons. The Bertz CT molecular complexity index is 143. The summed E-state index contributed by atoms with van der Waals surface area (Å²) in [6.07, 6.45) is 23.2. The fourth-order valence-corrected chi connectivity index (χ4v) is 3.08. The van der Waals surface area contributed by atoms with Gasteiger partial charge in [-0.1, -0.05) is 45.4 Å². The summed E-state index contributed by atoms with van der Waals surface area (Å²) in [6.45, 7) is 3.46. The predicted molar refractivity (Wildman–Crippen MR) is 94.7 cm³/mol. The van der Waals surface area contributed by atoms with Gasteiger partial charge in [0.1, 0.15) is 0 Å². The Morgan fingerprint density at radius 3 is 1.10 bits per heavy atom. The van der Waals surface area contributed by atoms with Crippen LogP contribution in [0.1, 0.15) is 110 Å². The molecule has 0 aliphatic carbocycles. The zero-order chi connectivity index (χ0) is 14.7. The number of hydrogen-bond donors (Lipinski definition) is 1. The molecule has 0 saturated carbocycles. The molecule has 0 aromatic rings. The van der Waals surface area contributed by atoms with Gasteiger partial charge in [-0.15, -0.1) is 0 Å². The molecule has 0 rings (SSSR count). The van der Waals surface area contributed by atoms with Gasteiger partial charge in [-0.25, -0.2) is 0 Å².